The first-order valence-electron chi connectivity index (χ1n) is 7.10. The van der Waals surface area contributed by atoms with Gasteiger partial charge in [0.25, 0.3) is 5.76 Å². The lowest BCUT2D eigenvalue weighted by atomic mass is 10.2. The van der Waals surface area contributed by atoms with Crippen LogP contribution in [0.3, 0.4) is 0 Å². The first-order chi connectivity index (χ1) is 12.0. The molecule has 1 saturated carbocycles. The van der Waals surface area contributed by atoms with Crippen LogP contribution in [0.5, 0.6) is 0 Å². The highest BCUT2D eigenvalue weighted by Gasteiger charge is 2.84. The summed E-state index contributed by atoms with van der Waals surface area (Å²) in [6.07, 6.45) is -20.2. The van der Waals surface area contributed by atoms with Crippen molar-refractivity contribution < 1.29 is 62.2 Å². The van der Waals surface area contributed by atoms with Gasteiger partial charge < -0.3 is 4.74 Å². The van der Waals surface area contributed by atoms with E-state index >= 15 is 0 Å². The lowest BCUT2D eigenvalue weighted by molar-refractivity contribution is -0.559. The molecule has 1 aliphatic carbocycles. The summed E-state index contributed by atoms with van der Waals surface area (Å²) in [5.74, 6) is -6.98. The van der Waals surface area contributed by atoms with Crippen LogP contribution in [-0.2, 0) is 9.47 Å². The summed E-state index contributed by atoms with van der Waals surface area (Å²) >= 11 is 0. The van der Waals surface area contributed by atoms with Crippen LogP contribution < -0.4 is 0 Å². The Hall–Kier alpha value is -1.54. The minimum atomic E-state index is -6.61. The van der Waals surface area contributed by atoms with Crippen LogP contribution in [0.15, 0.2) is 11.7 Å². The molecule has 2 rings (SSSR count). The van der Waals surface area contributed by atoms with E-state index in [4.69, 9.17) is 0 Å². The molecule has 0 aromatic carbocycles. The molecule has 0 radical (unpaired) electrons. The van der Waals surface area contributed by atoms with Gasteiger partial charge in [0.05, 0.1) is 6.10 Å². The fraction of sp³-hybridized carbons (Fsp3) is 0.833. The van der Waals surface area contributed by atoms with Crippen LogP contribution >= 0.6 is 0 Å². The second-order valence-electron chi connectivity index (χ2n) is 5.70. The predicted molar refractivity (Wildman–Crippen MR) is 60.2 cm³/mol. The number of halogens is 12. The Labute approximate surface area is 142 Å². The van der Waals surface area contributed by atoms with Crippen molar-refractivity contribution in [3.8, 4) is 0 Å². The van der Waals surface area contributed by atoms with Crippen molar-refractivity contribution in [2.75, 3.05) is 0 Å². The molecule has 15 heteroatoms. The van der Waals surface area contributed by atoms with Gasteiger partial charge in [-0.1, -0.05) is 0 Å². The zero-order valence-electron chi connectivity index (χ0n) is 12.7. The fourth-order valence-corrected chi connectivity index (χ4v) is 2.47. The third-order valence-corrected chi connectivity index (χ3v) is 3.75. The molecule has 2 fully saturated rings. The summed E-state index contributed by atoms with van der Waals surface area (Å²) in [7, 11) is 0. The topological polar surface area (TPSA) is 21.7 Å². The quantitative estimate of drug-likeness (QED) is 0.345. The van der Waals surface area contributed by atoms with E-state index in [1.807, 2.05) is 0 Å². The maximum atomic E-state index is 14.1. The number of hydrogen-bond acceptors (Lipinski definition) is 3. The maximum Gasteiger partial charge on any atom is 0.453 e. The Morgan fingerprint density at radius 1 is 0.852 bits per heavy atom. The van der Waals surface area contributed by atoms with Gasteiger partial charge in [0.2, 0.25) is 5.95 Å². The van der Waals surface area contributed by atoms with Gasteiger partial charge in [0.15, 0.2) is 0 Å². The highest BCUT2D eigenvalue weighted by molar-refractivity contribution is 5.13. The second-order valence-corrected chi connectivity index (χ2v) is 5.70. The largest absolute Gasteiger partial charge is 0.482 e. The SMILES string of the molecule is F/C(=C(/OC1CCCC1)C(F)(F)F)N1C(F)(F)C(F)(F)OC(F)(F)C1(F)F. The normalized spacial score (nSPS) is 28.1. The number of allylic oxidation sites excluding steroid dienone is 1. The first kappa shape index (κ1) is 21.8. The van der Waals surface area contributed by atoms with Gasteiger partial charge in [-0.25, -0.2) is 9.64 Å². The van der Waals surface area contributed by atoms with Gasteiger partial charge in [-0.15, -0.1) is 0 Å². The minimum Gasteiger partial charge on any atom is -0.482 e. The minimum absolute atomic E-state index is 0.158. The summed E-state index contributed by atoms with van der Waals surface area (Å²) in [6, 6.07) is -13.2. The van der Waals surface area contributed by atoms with Gasteiger partial charge >= 0.3 is 30.5 Å². The average molecular weight is 427 g/mol. The number of rotatable bonds is 3. The molecule has 0 spiro atoms. The molecule has 0 aromatic rings. The lowest BCUT2D eigenvalue weighted by Gasteiger charge is -2.47. The summed E-state index contributed by atoms with van der Waals surface area (Å²) in [4.78, 5) is -2.96. The van der Waals surface area contributed by atoms with Crippen LogP contribution in [0.1, 0.15) is 25.7 Å². The number of nitrogens with zero attached hydrogens (tertiary/aromatic N) is 1. The third-order valence-electron chi connectivity index (χ3n) is 3.75. The monoisotopic (exact) mass is 427 g/mol. The van der Waals surface area contributed by atoms with E-state index in [0.717, 1.165) is 0 Å². The standard InChI is InChI=1S/C12H9F12NO2/c13-7(6(8(14,15)16)26-5-3-1-2-4-5)25-9(17,18)11(21,22)27-12(23,24)10(25,19)20/h5H,1-4H2/b7-6-. The molecule has 0 atom stereocenters. The maximum absolute atomic E-state index is 14.1. The van der Waals surface area contributed by atoms with Crippen LogP contribution in [0.25, 0.3) is 0 Å². The molecule has 1 heterocycles. The zero-order valence-corrected chi connectivity index (χ0v) is 12.7. The average Bonchev–Trinajstić information content (AvgIpc) is 2.93. The van der Waals surface area contributed by atoms with Gasteiger partial charge in [0.1, 0.15) is 0 Å². The molecule has 2 aliphatic rings. The van der Waals surface area contributed by atoms with E-state index in [2.05, 4.69) is 9.47 Å². The van der Waals surface area contributed by atoms with Crippen LogP contribution in [0.4, 0.5) is 52.7 Å². The first-order valence-corrected chi connectivity index (χ1v) is 7.10. The van der Waals surface area contributed by atoms with E-state index in [-0.39, 0.29) is 25.7 Å². The molecule has 1 saturated heterocycles. The molecular weight excluding hydrogens is 418 g/mol. The lowest BCUT2D eigenvalue weighted by Crippen LogP contribution is -2.73. The van der Waals surface area contributed by atoms with Gasteiger partial charge in [0, 0.05) is 0 Å². The Morgan fingerprint density at radius 2 is 1.26 bits per heavy atom. The van der Waals surface area contributed by atoms with Crippen molar-refractivity contribution >= 4 is 0 Å². The van der Waals surface area contributed by atoms with E-state index < -0.39 is 53.2 Å². The summed E-state index contributed by atoms with van der Waals surface area (Å²) < 4.78 is 165. The third kappa shape index (κ3) is 3.49. The number of morpholine rings is 1. The van der Waals surface area contributed by atoms with Crippen molar-refractivity contribution in [2.45, 2.75) is 62.3 Å². The Bertz CT molecular complexity index is 582. The van der Waals surface area contributed by atoms with Crippen molar-refractivity contribution in [3.05, 3.63) is 11.7 Å². The Morgan fingerprint density at radius 3 is 1.63 bits per heavy atom. The van der Waals surface area contributed by atoms with E-state index in [9.17, 15) is 52.7 Å². The number of alkyl halides is 11. The van der Waals surface area contributed by atoms with Crippen molar-refractivity contribution in [1.82, 2.24) is 4.90 Å². The van der Waals surface area contributed by atoms with Crippen molar-refractivity contribution in [2.24, 2.45) is 0 Å². The number of ether oxygens (including phenoxy) is 2. The highest BCUT2D eigenvalue weighted by atomic mass is 19.4. The molecule has 0 N–H and O–H groups in total. The van der Waals surface area contributed by atoms with E-state index in [1.54, 1.807) is 0 Å². The molecule has 0 bridgehead atoms. The molecular formula is C12H9F12NO2. The molecule has 27 heavy (non-hydrogen) atoms. The van der Waals surface area contributed by atoms with Crippen molar-refractivity contribution in [1.29, 1.82) is 0 Å². The van der Waals surface area contributed by atoms with Crippen LogP contribution in [-0.4, -0.2) is 41.5 Å². The highest BCUT2D eigenvalue weighted by Crippen LogP contribution is 2.58. The fourth-order valence-electron chi connectivity index (χ4n) is 2.47. The van der Waals surface area contributed by atoms with E-state index in [0.29, 0.717) is 0 Å². The molecule has 158 valence electrons. The van der Waals surface area contributed by atoms with Gasteiger partial charge in [-0.3, -0.25) is 0 Å². The Kier molecular flexibility index (Phi) is 5.03. The molecule has 3 nitrogen and oxygen atoms in total. The second kappa shape index (κ2) is 6.24. The van der Waals surface area contributed by atoms with Crippen LogP contribution in [0, 0.1) is 0 Å². The summed E-state index contributed by atoms with van der Waals surface area (Å²) in [6.45, 7) is 0. The molecule has 0 unspecified atom stereocenters. The summed E-state index contributed by atoms with van der Waals surface area (Å²) in [5.41, 5.74) is 0. The smallest absolute Gasteiger partial charge is 0.453 e. The molecule has 1 aliphatic heterocycles. The summed E-state index contributed by atoms with van der Waals surface area (Å²) in [5, 5.41) is 0. The zero-order chi connectivity index (χ0) is 21.1. The van der Waals surface area contributed by atoms with Crippen LogP contribution in [0.2, 0.25) is 0 Å². The molecule has 0 aromatic heterocycles. The predicted octanol–water partition coefficient (Wildman–Crippen LogP) is 5.35. The van der Waals surface area contributed by atoms with Gasteiger partial charge in [-0.05, 0) is 25.7 Å². The Balaban J connectivity index is 2.63. The van der Waals surface area contributed by atoms with E-state index in [1.165, 1.54) is 0 Å². The van der Waals surface area contributed by atoms with Crippen molar-refractivity contribution in [3.63, 3.8) is 0 Å². The van der Waals surface area contributed by atoms with Gasteiger partial charge in [-0.2, -0.15) is 52.7 Å². The number of hydrogen-bond donors (Lipinski definition) is 0. The molecule has 0 amide bonds.